The van der Waals surface area contributed by atoms with Crippen molar-refractivity contribution in [2.24, 2.45) is 0 Å². The molecule has 6 heteroatoms. The Kier molecular flexibility index (Phi) is 4.58. The first kappa shape index (κ1) is 17.5. The molecular weight excluding hydrogens is 356 g/mol. The first-order valence-electron chi connectivity index (χ1n) is 8.75. The fourth-order valence-corrected chi connectivity index (χ4v) is 3.95. The molecule has 0 aliphatic heterocycles. The van der Waals surface area contributed by atoms with Crippen LogP contribution in [0.15, 0.2) is 58.7 Å². The third-order valence-corrected chi connectivity index (χ3v) is 5.53. The van der Waals surface area contributed by atoms with Crippen LogP contribution in [0.1, 0.15) is 22.5 Å². The summed E-state index contributed by atoms with van der Waals surface area (Å²) in [5, 5.41) is 1.50. The number of benzene rings is 2. The van der Waals surface area contributed by atoms with Crippen LogP contribution in [0.3, 0.4) is 0 Å². The molecule has 2 aromatic heterocycles. The van der Waals surface area contributed by atoms with Crippen molar-refractivity contribution in [1.82, 2.24) is 19.5 Å². The number of hydrogen-bond acceptors (Lipinski definition) is 4. The molecule has 0 spiro atoms. The van der Waals surface area contributed by atoms with E-state index >= 15 is 0 Å². The Labute approximate surface area is 161 Å². The highest BCUT2D eigenvalue weighted by molar-refractivity contribution is 7.98. The SMILES string of the molecule is Cc1ccc(C)c(-n2ccnc2SCc2nc3c(C)cccc3c(=O)[nH]2)c1. The Morgan fingerprint density at radius 3 is 2.81 bits per heavy atom. The first-order valence-corrected chi connectivity index (χ1v) is 9.74. The van der Waals surface area contributed by atoms with E-state index in [2.05, 4.69) is 51.6 Å². The van der Waals surface area contributed by atoms with E-state index in [-0.39, 0.29) is 5.56 Å². The molecule has 136 valence electrons. The van der Waals surface area contributed by atoms with Crippen molar-refractivity contribution in [3.8, 4) is 5.69 Å². The first-order chi connectivity index (χ1) is 13.0. The zero-order valence-electron chi connectivity index (χ0n) is 15.5. The molecule has 0 aliphatic rings. The van der Waals surface area contributed by atoms with Crippen molar-refractivity contribution in [2.45, 2.75) is 31.7 Å². The number of aryl methyl sites for hydroxylation is 3. The smallest absolute Gasteiger partial charge is 0.258 e. The molecule has 4 rings (SSSR count). The maximum Gasteiger partial charge on any atom is 0.258 e. The number of hydrogen-bond donors (Lipinski definition) is 1. The van der Waals surface area contributed by atoms with Gasteiger partial charge >= 0.3 is 0 Å². The van der Waals surface area contributed by atoms with E-state index in [1.807, 2.05) is 25.3 Å². The van der Waals surface area contributed by atoms with E-state index in [9.17, 15) is 4.79 Å². The number of fused-ring (bicyclic) bond motifs is 1. The molecule has 4 aromatic rings. The van der Waals surface area contributed by atoms with Crippen LogP contribution in [0, 0.1) is 20.8 Å². The molecule has 0 atom stereocenters. The number of para-hydroxylation sites is 1. The quantitative estimate of drug-likeness (QED) is 0.539. The minimum atomic E-state index is -0.0998. The number of H-pyrrole nitrogens is 1. The summed E-state index contributed by atoms with van der Waals surface area (Å²) in [5.41, 5.74) is 5.17. The summed E-state index contributed by atoms with van der Waals surface area (Å²) in [5.74, 6) is 1.20. The number of nitrogens with one attached hydrogen (secondary N) is 1. The summed E-state index contributed by atoms with van der Waals surface area (Å²) in [6.45, 7) is 6.14. The van der Waals surface area contributed by atoms with Crippen LogP contribution in [0.5, 0.6) is 0 Å². The highest BCUT2D eigenvalue weighted by Crippen LogP contribution is 2.25. The summed E-state index contributed by atoms with van der Waals surface area (Å²) >= 11 is 1.56. The predicted molar refractivity (Wildman–Crippen MR) is 110 cm³/mol. The van der Waals surface area contributed by atoms with E-state index in [4.69, 9.17) is 0 Å². The van der Waals surface area contributed by atoms with Crippen LogP contribution >= 0.6 is 11.8 Å². The predicted octanol–water partition coefficient (Wildman–Crippen LogP) is 4.33. The van der Waals surface area contributed by atoms with Gasteiger partial charge < -0.3 is 4.98 Å². The summed E-state index contributed by atoms with van der Waals surface area (Å²) in [4.78, 5) is 24.4. The van der Waals surface area contributed by atoms with Crippen LogP contribution in [-0.4, -0.2) is 19.5 Å². The molecule has 0 unspecified atom stereocenters. The third-order valence-electron chi connectivity index (χ3n) is 4.56. The van der Waals surface area contributed by atoms with Crippen molar-refractivity contribution in [3.63, 3.8) is 0 Å². The molecule has 0 bridgehead atoms. The van der Waals surface area contributed by atoms with Gasteiger partial charge in [-0.3, -0.25) is 9.36 Å². The van der Waals surface area contributed by atoms with Gasteiger partial charge in [0.2, 0.25) is 0 Å². The number of nitrogens with zero attached hydrogens (tertiary/aromatic N) is 3. The van der Waals surface area contributed by atoms with Gasteiger partial charge in [-0.15, -0.1) is 0 Å². The summed E-state index contributed by atoms with van der Waals surface area (Å²) < 4.78 is 2.08. The van der Waals surface area contributed by atoms with E-state index < -0.39 is 0 Å². The average Bonchev–Trinajstić information content (AvgIpc) is 3.11. The molecule has 2 aromatic carbocycles. The van der Waals surface area contributed by atoms with E-state index in [1.165, 1.54) is 11.1 Å². The monoisotopic (exact) mass is 376 g/mol. The van der Waals surface area contributed by atoms with E-state index in [0.717, 1.165) is 21.9 Å². The number of rotatable bonds is 4. The second kappa shape index (κ2) is 7.04. The Morgan fingerprint density at radius 2 is 1.96 bits per heavy atom. The Bertz CT molecular complexity index is 1190. The van der Waals surface area contributed by atoms with Gasteiger partial charge in [-0.1, -0.05) is 36.0 Å². The van der Waals surface area contributed by atoms with Gasteiger partial charge in [0.15, 0.2) is 5.16 Å². The lowest BCUT2D eigenvalue weighted by Crippen LogP contribution is -2.12. The highest BCUT2D eigenvalue weighted by atomic mass is 32.2. The molecule has 27 heavy (non-hydrogen) atoms. The third kappa shape index (κ3) is 3.40. The highest BCUT2D eigenvalue weighted by Gasteiger charge is 2.11. The van der Waals surface area contributed by atoms with Gasteiger partial charge in [0.05, 0.1) is 22.3 Å². The number of thioether (sulfide) groups is 1. The van der Waals surface area contributed by atoms with E-state index in [0.29, 0.717) is 17.0 Å². The largest absolute Gasteiger partial charge is 0.309 e. The molecule has 5 nitrogen and oxygen atoms in total. The van der Waals surface area contributed by atoms with Crippen molar-refractivity contribution in [3.05, 3.63) is 81.7 Å². The van der Waals surface area contributed by atoms with Gasteiger partial charge in [0, 0.05) is 12.4 Å². The maximum atomic E-state index is 12.4. The molecular formula is C21H20N4OS. The van der Waals surface area contributed by atoms with E-state index in [1.54, 1.807) is 24.0 Å². The molecule has 1 N–H and O–H groups in total. The summed E-state index contributed by atoms with van der Waals surface area (Å²) in [6, 6.07) is 12.0. The van der Waals surface area contributed by atoms with Crippen LogP contribution in [-0.2, 0) is 5.75 Å². The lowest BCUT2D eigenvalue weighted by atomic mass is 10.1. The summed E-state index contributed by atoms with van der Waals surface area (Å²) in [6.07, 6.45) is 3.76. The van der Waals surface area contributed by atoms with Gasteiger partial charge in [-0.05, 0) is 49.6 Å². The second-order valence-electron chi connectivity index (χ2n) is 6.64. The molecule has 0 fully saturated rings. The molecule has 0 amide bonds. The van der Waals surface area contributed by atoms with Crippen LogP contribution in [0.2, 0.25) is 0 Å². The lowest BCUT2D eigenvalue weighted by Gasteiger charge is -2.11. The van der Waals surface area contributed by atoms with Gasteiger partial charge in [-0.25, -0.2) is 9.97 Å². The zero-order valence-corrected chi connectivity index (χ0v) is 16.3. The molecule has 0 radical (unpaired) electrons. The fourth-order valence-electron chi connectivity index (χ4n) is 3.11. The Morgan fingerprint density at radius 1 is 1.11 bits per heavy atom. The van der Waals surface area contributed by atoms with Gasteiger partial charge in [-0.2, -0.15) is 0 Å². The molecule has 0 saturated heterocycles. The topological polar surface area (TPSA) is 63.6 Å². The number of aromatic amines is 1. The van der Waals surface area contributed by atoms with Crippen LogP contribution in [0.25, 0.3) is 16.6 Å². The fraction of sp³-hybridized carbons (Fsp3) is 0.190. The van der Waals surface area contributed by atoms with Crippen LogP contribution < -0.4 is 5.56 Å². The minimum Gasteiger partial charge on any atom is -0.309 e. The standard InChI is InChI=1S/C21H20N4OS/c1-13-7-8-14(2)17(11-13)25-10-9-22-21(25)27-12-18-23-19-15(3)5-4-6-16(19)20(26)24-18/h4-11H,12H2,1-3H3,(H,23,24,26). The Balaban J connectivity index is 1.65. The van der Waals surface area contributed by atoms with Crippen molar-refractivity contribution in [1.29, 1.82) is 0 Å². The van der Waals surface area contributed by atoms with Crippen molar-refractivity contribution >= 4 is 22.7 Å². The van der Waals surface area contributed by atoms with Gasteiger partial charge in [0.1, 0.15) is 5.82 Å². The Hall–Kier alpha value is -2.86. The number of aromatic nitrogens is 4. The molecule has 0 saturated carbocycles. The molecule has 2 heterocycles. The summed E-state index contributed by atoms with van der Waals surface area (Å²) in [7, 11) is 0. The van der Waals surface area contributed by atoms with Crippen molar-refractivity contribution in [2.75, 3.05) is 0 Å². The van der Waals surface area contributed by atoms with Gasteiger partial charge in [0.25, 0.3) is 5.56 Å². The maximum absolute atomic E-state index is 12.4. The lowest BCUT2D eigenvalue weighted by molar-refractivity contribution is 0.883. The zero-order chi connectivity index (χ0) is 19.0. The molecule has 0 aliphatic carbocycles. The number of imidazole rings is 1. The second-order valence-corrected chi connectivity index (χ2v) is 7.58. The van der Waals surface area contributed by atoms with Crippen LogP contribution in [0.4, 0.5) is 0 Å². The normalized spacial score (nSPS) is 11.2. The van der Waals surface area contributed by atoms with Crippen molar-refractivity contribution < 1.29 is 0 Å². The minimum absolute atomic E-state index is 0.0998. The average molecular weight is 376 g/mol.